The van der Waals surface area contributed by atoms with Gasteiger partial charge in [0.15, 0.2) is 0 Å². The number of halogens is 4. The summed E-state index contributed by atoms with van der Waals surface area (Å²) in [5.41, 5.74) is 3.50. The van der Waals surface area contributed by atoms with Crippen LogP contribution in [0.1, 0.15) is 35.2 Å². The maximum atomic E-state index is 12.8. The summed E-state index contributed by atoms with van der Waals surface area (Å²) in [7, 11) is 0. The van der Waals surface area contributed by atoms with Crippen molar-refractivity contribution in [1.29, 1.82) is 0 Å². The predicted octanol–water partition coefficient (Wildman–Crippen LogP) is 5.20. The van der Waals surface area contributed by atoms with Crippen molar-refractivity contribution in [2.24, 2.45) is 0 Å². The molecule has 3 aromatic rings. The molecule has 4 rings (SSSR count). The number of hydrogen-bond donors (Lipinski definition) is 2. The summed E-state index contributed by atoms with van der Waals surface area (Å²) in [5.74, 6) is 0.527. The van der Waals surface area contributed by atoms with Gasteiger partial charge in [0.2, 0.25) is 0 Å². The number of benzene rings is 2. The van der Waals surface area contributed by atoms with Crippen LogP contribution in [0.25, 0.3) is 5.69 Å². The maximum absolute atomic E-state index is 12.8. The number of aliphatic hydroxyl groups is 1. The molecular formula is C27H35Cl4N5O2. The minimum Gasteiger partial charge on any atom is -0.390 e. The lowest BCUT2D eigenvalue weighted by molar-refractivity contribution is 0.0848. The van der Waals surface area contributed by atoms with Crippen LogP contribution in [0.4, 0.5) is 5.69 Å². The molecule has 1 aliphatic heterocycles. The SMILES string of the molecule is CCCc1nc(C(=O)NCC(O)CN2CCN(c3cccc(Cl)c3C)CC2)cn1-c1ccc(Cl)cc1.Cl.Cl. The molecule has 2 aromatic carbocycles. The summed E-state index contributed by atoms with van der Waals surface area (Å²) in [6.07, 6.45) is 2.74. The molecule has 1 aliphatic rings. The fourth-order valence-corrected chi connectivity index (χ4v) is 4.82. The molecule has 0 bridgehead atoms. The molecule has 0 aliphatic carbocycles. The second kappa shape index (κ2) is 15.0. The lowest BCUT2D eigenvalue weighted by Gasteiger charge is -2.37. The van der Waals surface area contributed by atoms with Crippen molar-refractivity contribution < 1.29 is 9.90 Å². The average molecular weight is 603 g/mol. The quantitative estimate of drug-likeness (QED) is 0.352. The fraction of sp³-hybridized carbons (Fsp3) is 0.407. The molecule has 1 amide bonds. The molecule has 0 saturated carbocycles. The van der Waals surface area contributed by atoms with Crippen LogP contribution in [-0.4, -0.2) is 70.8 Å². The van der Waals surface area contributed by atoms with Gasteiger partial charge in [-0.1, -0.05) is 36.2 Å². The Balaban J connectivity index is 0.00000253. The molecular weight excluding hydrogens is 568 g/mol. The van der Waals surface area contributed by atoms with Gasteiger partial charge in [-0.15, -0.1) is 24.8 Å². The number of β-amino-alcohol motifs (C(OH)–C–C–N with tert-alkyl or cyclic N) is 1. The number of aryl methyl sites for hydroxylation is 1. The third-order valence-corrected chi connectivity index (χ3v) is 7.17. The van der Waals surface area contributed by atoms with E-state index in [-0.39, 0.29) is 37.3 Å². The number of hydrogen-bond acceptors (Lipinski definition) is 5. The number of carbonyl (C=O) groups is 1. The Morgan fingerprint density at radius 2 is 1.76 bits per heavy atom. The van der Waals surface area contributed by atoms with Crippen molar-refractivity contribution in [1.82, 2.24) is 19.8 Å². The highest BCUT2D eigenvalue weighted by molar-refractivity contribution is 6.31. The van der Waals surface area contributed by atoms with Gasteiger partial charge in [0, 0.05) is 73.3 Å². The molecule has 1 fully saturated rings. The molecule has 7 nitrogen and oxygen atoms in total. The lowest BCUT2D eigenvalue weighted by Crippen LogP contribution is -2.50. The van der Waals surface area contributed by atoms with E-state index in [1.165, 1.54) is 0 Å². The van der Waals surface area contributed by atoms with Crippen LogP contribution in [-0.2, 0) is 6.42 Å². The van der Waals surface area contributed by atoms with Gasteiger partial charge >= 0.3 is 0 Å². The minimum absolute atomic E-state index is 0. The van der Waals surface area contributed by atoms with Crippen molar-refractivity contribution in [2.75, 3.05) is 44.2 Å². The van der Waals surface area contributed by atoms with Crippen molar-refractivity contribution in [3.05, 3.63) is 75.8 Å². The first-order valence-corrected chi connectivity index (χ1v) is 13.1. The third kappa shape index (κ3) is 8.01. The molecule has 38 heavy (non-hydrogen) atoms. The molecule has 1 atom stereocenters. The van der Waals surface area contributed by atoms with Crippen LogP contribution in [0.5, 0.6) is 0 Å². The highest BCUT2D eigenvalue weighted by Crippen LogP contribution is 2.27. The zero-order chi connectivity index (χ0) is 25.7. The Hall–Kier alpha value is -2.00. The molecule has 1 unspecified atom stereocenters. The van der Waals surface area contributed by atoms with Gasteiger partial charge in [0.1, 0.15) is 11.5 Å². The van der Waals surface area contributed by atoms with Gasteiger partial charge in [0.05, 0.1) is 6.10 Å². The Kier molecular flexibility index (Phi) is 12.7. The molecule has 2 N–H and O–H groups in total. The normalized spacial score (nSPS) is 14.4. The Labute approximate surface area is 246 Å². The minimum atomic E-state index is -0.665. The zero-order valence-corrected chi connectivity index (χ0v) is 24.7. The van der Waals surface area contributed by atoms with E-state index in [9.17, 15) is 9.90 Å². The van der Waals surface area contributed by atoms with E-state index in [0.29, 0.717) is 17.3 Å². The van der Waals surface area contributed by atoms with Gasteiger partial charge in [-0.2, -0.15) is 0 Å². The molecule has 2 heterocycles. The first kappa shape index (κ1) is 32.2. The van der Waals surface area contributed by atoms with E-state index in [4.69, 9.17) is 23.2 Å². The van der Waals surface area contributed by atoms with Crippen LogP contribution >= 0.6 is 48.0 Å². The standard InChI is InChI=1S/C27H33Cl2N5O2.2ClH/c1-3-5-26-31-24(18-34(26)21-10-8-20(28)9-11-21)27(36)30-16-22(35)17-32-12-14-33(15-13-32)25-7-4-6-23(29)19(25)2;;/h4,6-11,18,22,35H,3,5,12-17H2,1-2H3,(H,30,36);2*1H. The van der Waals surface area contributed by atoms with Gasteiger partial charge < -0.3 is 19.9 Å². The van der Waals surface area contributed by atoms with E-state index >= 15 is 0 Å². The van der Waals surface area contributed by atoms with Crippen molar-refractivity contribution in [2.45, 2.75) is 32.8 Å². The first-order valence-electron chi connectivity index (χ1n) is 12.4. The summed E-state index contributed by atoms with van der Waals surface area (Å²) >= 11 is 12.3. The smallest absolute Gasteiger partial charge is 0.271 e. The van der Waals surface area contributed by atoms with E-state index in [0.717, 1.165) is 66.8 Å². The Morgan fingerprint density at radius 1 is 1.08 bits per heavy atom. The van der Waals surface area contributed by atoms with Gasteiger partial charge in [-0.05, 0) is 55.3 Å². The van der Waals surface area contributed by atoms with E-state index in [1.807, 2.05) is 47.9 Å². The highest BCUT2D eigenvalue weighted by atomic mass is 35.5. The Bertz CT molecular complexity index is 1180. The van der Waals surface area contributed by atoms with Crippen LogP contribution in [0, 0.1) is 6.92 Å². The largest absolute Gasteiger partial charge is 0.390 e. The summed E-state index contributed by atoms with van der Waals surface area (Å²) in [6.45, 7) is 8.19. The van der Waals surface area contributed by atoms with Gasteiger partial charge in [-0.25, -0.2) is 4.98 Å². The number of anilines is 1. The van der Waals surface area contributed by atoms with Crippen LogP contribution in [0.2, 0.25) is 10.0 Å². The fourth-order valence-electron chi connectivity index (χ4n) is 4.53. The number of nitrogens with zero attached hydrogens (tertiary/aromatic N) is 4. The predicted molar refractivity (Wildman–Crippen MR) is 160 cm³/mol. The molecule has 0 spiro atoms. The molecule has 11 heteroatoms. The van der Waals surface area contributed by atoms with Crippen LogP contribution in [0.3, 0.4) is 0 Å². The van der Waals surface area contributed by atoms with Gasteiger partial charge in [0.25, 0.3) is 5.91 Å². The number of carbonyl (C=O) groups excluding carboxylic acids is 1. The maximum Gasteiger partial charge on any atom is 0.271 e. The zero-order valence-electron chi connectivity index (χ0n) is 21.6. The topological polar surface area (TPSA) is 73.6 Å². The second-order valence-corrected chi connectivity index (χ2v) is 10.0. The number of piperazine rings is 1. The van der Waals surface area contributed by atoms with E-state index in [2.05, 4.69) is 33.1 Å². The number of aromatic nitrogens is 2. The van der Waals surface area contributed by atoms with Crippen molar-refractivity contribution in [3.8, 4) is 5.69 Å². The average Bonchev–Trinajstić information content (AvgIpc) is 3.29. The summed E-state index contributed by atoms with van der Waals surface area (Å²) in [6, 6.07) is 13.4. The molecule has 1 aromatic heterocycles. The highest BCUT2D eigenvalue weighted by Gasteiger charge is 2.22. The number of amides is 1. The van der Waals surface area contributed by atoms with Crippen LogP contribution in [0.15, 0.2) is 48.7 Å². The molecule has 1 saturated heterocycles. The molecule has 0 radical (unpaired) electrons. The lowest BCUT2D eigenvalue weighted by atomic mass is 10.1. The van der Waals surface area contributed by atoms with Crippen molar-refractivity contribution >= 4 is 59.6 Å². The summed E-state index contributed by atoms with van der Waals surface area (Å²) < 4.78 is 1.92. The summed E-state index contributed by atoms with van der Waals surface area (Å²) in [5, 5.41) is 14.9. The summed E-state index contributed by atoms with van der Waals surface area (Å²) in [4.78, 5) is 21.9. The van der Waals surface area contributed by atoms with E-state index in [1.54, 1.807) is 6.20 Å². The van der Waals surface area contributed by atoms with E-state index < -0.39 is 6.10 Å². The first-order chi connectivity index (χ1) is 17.4. The second-order valence-electron chi connectivity index (χ2n) is 9.17. The van der Waals surface area contributed by atoms with Crippen molar-refractivity contribution in [3.63, 3.8) is 0 Å². The van der Waals surface area contributed by atoms with Gasteiger partial charge in [-0.3, -0.25) is 9.69 Å². The number of aliphatic hydroxyl groups excluding tert-OH is 1. The monoisotopic (exact) mass is 601 g/mol. The molecule has 208 valence electrons. The third-order valence-electron chi connectivity index (χ3n) is 6.51. The van der Waals surface area contributed by atoms with Crippen LogP contribution < -0.4 is 10.2 Å². The number of nitrogens with one attached hydrogen (secondary N) is 1. The Morgan fingerprint density at radius 3 is 2.42 bits per heavy atom. The number of imidazole rings is 1. The number of rotatable bonds is 9.